The van der Waals surface area contributed by atoms with Crippen LogP contribution >= 0.6 is 0 Å². The monoisotopic (exact) mass is 421 g/mol. The molecule has 0 spiro atoms. The molecule has 0 bridgehead atoms. The minimum atomic E-state index is 0.746. The zero-order valence-electron chi connectivity index (χ0n) is 22.0. The lowest BCUT2D eigenvalue weighted by atomic mass is 9.75. The minimum absolute atomic E-state index is 0.746. The third-order valence-corrected chi connectivity index (χ3v) is 8.21. The van der Waals surface area contributed by atoms with Gasteiger partial charge in [-0.15, -0.1) is 0 Å². The Hall–Kier alpha value is -0.0400. The molecule has 0 aliphatic heterocycles. The third kappa shape index (κ3) is 12.7. The van der Waals surface area contributed by atoms with Crippen molar-refractivity contribution in [3.05, 3.63) is 0 Å². The van der Waals surface area contributed by atoms with E-state index in [9.17, 15) is 0 Å². The molecule has 1 heteroatoms. The molecule has 1 rings (SSSR count). The molecule has 1 nitrogen and oxygen atoms in total. The Balaban J connectivity index is 2.11. The summed E-state index contributed by atoms with van der Waals surface area (Å²) in [6.45, 7) is 15.8. The summed E-state index contributed by atoms with van der Waals surface area (Å²) >= 11 is 0. The normalized spacial score (nSPS) is 23.8. The van der Waals surface area contributed by atoms with Gasteiger partial charge in [-0.2, -0.15) is 0 Å². The smallest absolute Gasteiger partial charge is 0.00926 e. The number of unbranched alkanes of at least 4 members (excludes halogenated alkanes) is 3. The van der Waals surface area contributed by atoms with Crippen molar-refractivity contribution in [1.82, 2.24) is 5.32 Å². The molecule has 6 atom stereocenters. The maximum Gasteiger partial charge on any atom is 0.00926 e. The van der Waals surface area contributed by atoms with Crippen LogP contribution in [0.2, 0.25) is 0 Å². The van der Waals surface area contributed by atoms with Gasteiger partial charge in [0.25, 0.3) is 0 Å². The van der Waals surface area contributed by atoms with E-state index in [2.05, 4.69) is 46.9 Å². The van der Waals surface area contributed by atoms with E-state index in [4.69, 9.17) is 0 Å². The summed E-state index contributed by atoms with van der Waals surface area (Å²) < 4.78 is 0. The molecule has 1 aliphatic rings. The van der Waals surface area contributed by atoms with Crippen molar-refractivity contribution < 1.29 is 0 Å². The highest BCUT2D eigenvalue weighted by Crippen LogP contribution is 2.35. The lowest BCUT2D eigenvalue weighted by Crippen LogP contribution is -2.35. The van der Waals surface area contributed by atoms with Gasteiger partial charge in [0.15, 0.2) is 0 Å². The molecule has 180 valence electrons. The molecule has 0 heterocycles. The van der Waals surface area contributed by atoms with E-state index < -0.39 is 0 Å². The van der Waals surface area contributed by atoms with E-state index in [1.807, 2.05) is 0 Å². The van der Waals surface area contributed by atoms with Gasteiger partial charge in [-0.25, -0.2) is 0 Å². The third-order valence-electron chi connectivity index (χ3n) is 8.21. The highest BCUT2D eigenvalue weighted by atomic mass is 14.9. The van der Waals surface area contributed by atoms with Gasteiger partial charge in [-0.3, -0.25) is 0 Å². The lowest BCUT2D eigenvalue weighted by Gasteiger charge is -2.31. The average Bonchev–Trinajstić information content (AvgIpc) is 2.74. The predicted octanol–water partition coefficient (Wildman–Crippen LogP) is 9.40. The fourth-order valence-electron chi connectivity index (χ4n) is 5.84. The Kier molecular flexibility index (Phi) is 16.3. The quantitative estimate of drug-likeness (QED) is 0.217. The first-order chi connectivity index (χ1) is 14.5. The molecule has 0 aromatic rings. The zero-order valence-corrected chi connectivity index (χ0v) is 22.0. The van der Waals surface area contributed by atoms with Crippen LogP contribution in [0.3, 0.4) is 0 Å². The number of hydrogen-bond donors (Lipinski definition) is 1. The molecular weight excluding hydrogens is 362 g/mol. The standard InChI is InChI=1S/C29H59N/c1-7-9-18-27(6)29(30-22-8-2)21-13-11-16-24(3)15-10-12-19-26(5)28-20-14-17-25(4)23-28/h24-30H,7-23H2,1-6H3. The van der Waals surface area contributed by atoms with Crippen LogP contribution in [0.5, 0.6) is 0 Å². The van der Waals surface area contributed by atoms with Gasteiger partial charge in [-0.1, -0.05) is 119 Å². The summed E-state index contributed by atoms with van der Waals surface area (Å²) in [6.07, 6.45) is 22.9. The van der Waals surface area contributed by atoms with Crippen LogP contribution < -0.4 is 5.32 Å². The first-order valence-electron chi connectivity index (χ1n) is 14.2. The Morgan fingerprint density at radius 3 is 2.07 bits per heavy atom. The fourth-order valence-corrected chi connectivity index (χ4v) is 5.84. The summed E-state index contributed by atoms with van der Waals surface area (Å²) in [6, 6.07) is 0.746. The molecule has 0 aromatic heterocycles. The van der Waals surface area contributed by atoms with E-state index in [0.29, 0.717) is 0 Å². The number of nitrogens with one attached hydrogen (secondary N) is 1. The van der Waals surface area contributed by atoms with Crippen LogP contribution in [-0.4, -0.2) is 12.6 Å². The second-order valence-corrected chi connectivity index (χ2v) is 11.4. The first-order valence-corrected chi connectivity index (χ1v) is 14.2. The molecule has 1 saturated carbocycles. The van der Waals surface area contributed by atoms with Crippen molar-refractivity contribution >= 4 is 0 Å². The van der Waals surface area contributed by atoms with Gasteiger partial charge in [0.2, 0.25) is 0 Å². The van der Waals surface area contributed by atoms with Crippen LogP contribution in [0.1, 0.15) is 144 Å². The second-order valence-electron chi connectivity index (χ2n) is 11.4. The maximum atomic E-state index is 3.85. The molecule has 1 aliphatic carbocycles. The van der Waals surface area contributed by atoms with Gasteiger partial charge in [0.05, 0.1) is 0 Å². The molecule has 0 saturated heterocycles. The highest BCUT2D eigenvalue weighted by Gasteiger charge is 2.23. The van der Waals surface area contributed by atoms with Crippen LogP contribution in [0.15, 0.2) is 0 Å². The van der Waals surface area contributed by atoms with E-state index in [1.54, 1.807) is 0 Å². The van der Waals surface area contributed by atoms with Gasteiger partial charge < -0.3 is 5.32 Å². The van der Waals surface area contributed by atoms with E-state index in [0.717, 1.165) is 35.6 Å². The van der Waals surface area contributed by atoms with Gasteiger partial charge in [-0.05, 0) is 61.8 Å². The largest absolute Gasteiger partial charge is 0.314 e. The summed E-state index contributed by atoms with van der Waals surface area (Å²) in [5.41, 5.74) is 0. The highest BCUT2D eigenvalue weighted by molar-refractivity contribution is 4.75. The summed E-state index contributed by atoms with van der Waals surface area (Å²) in [5, 5.41) is 3.85. The maximum absolute atomic E-state index is 3.85. The molecule has 0 amide bonds. The molecule has 6 unspecified atom stereocenters. The van der Waals surface area contributed by atoms with Crippen molar-refractivity contribution in [2.45, 2.75) is 150 Å². The Morgan fingerprint density at radius 2 is 1.43 bits per heavy atom. The lowest BCUT2D eigenvalue weighted by molar-refractivity contribution is 0.203. The van der Waals surface area contributed by atoms with E-state index in [-0.39, 0.29) is 0 Å². The number of rotatable bonds is 18. The molecule has 1 N–H and O–H groups in total. The van der Waals surface area contributed by atoms with Crippen molar-refractivity contribution in [3.63, 3.8) is 0 Å². The van der Waals surface area contributed by atoms with Crippen LogP contribution in [0, 0.1) is 29.6 Å². The first kappa shape index (κ1) is 28.0. The van der Waals surface area contributed by atoms with Gasteiger partial charge >= 0.3 is 0 Å². The molecular formula is C29H59N. The summed E-state index contributed by atoms with van der Waals surface area (Å²) in [7, 11) is 0. The molecule has 1 fully saturated rings. The Morgan fingerprint density at radius 1 is 0.767 bits per heavy atom. The Labute approximate surface area is 192 Å². The van der Waals surface area contributed by atoms with E-state index in [1.165, 1.54) is 109 Å². The van der Waals surface area contributed by atoms with Crippen molar-refractivity contribution in [2.75, 3.05) is 6.54 Å². The predicted molar refractivity (Wildman–Crippen MR) is 137 cm³/mol. The van der Waals surface area contributed by atoms with Crippen LogP contribution in [0.25, 0.3) is 0 Å². The van der Waals surface area contributed by atoms with Crippen molar-refractivity contribution in [1.29, 1.82) is 0 Å². The van der Waals surface area contributed by atoms with E-state index >= 15 is 0 Å². The Bertz CT molecular complexity index is 379. The molecule has 0 aromatic carbocycles. The number of hydrogen-bond acceptors (Lipinski definition) is 1. The zero-order chi connectivity index (χ0) is 22.2. The van der Waals surface area contributed by atoms with Gasteiger partial charge in [0, 0.05) is 6.04 Å². The average molecular weight is 422 g/mol. The van der Waals surface area contributed by atoms with Crippen molar-refractivity contribution in [2.24, 2.45) is 29.6 Å². The summed E-state index contributed by atoms with van der Waals surface area (Å²) in [5.74, 6) is 4.74. The van der Waals surface area contributed by atoms with Crippen molar-refractivity contribution in [3.8, 4) is 0 Å². The molecule has 0 radical (unpaired) electrons. The second kappa shape index (κ2) is 17.5. The van der Waals surface area contributed by atoms with Gasteiger partial charge in [0.1, 0.15) is 0 Å². The summed E-state index contributed by atoms with van der Waals surface area (Å²) in [4.78, 5) is 0. The molecule has 30 heavy (non-hydrogen) atoms. The fraction of sp³-hybridized carbons (Fsp3) is 1.00. The SMILES string of the molecule is CCCCC(C)C(CCCCC(C)CCCCC(C)C1CCCC(C)C1)NCCC. The van der Waals surface area contributed by atoms with Crippen LogP contribution in [-0.2, 0) is 0 Å². The topological polar surface area (TPSA) is 12.0 Å². The van der Waals surface area contributed by atoms with Crippen LogP contribution in [0.4, 0.5) is 0 Å². The minimum Gasteiger partial charge on any atom is -0.314 e.